The third-order valence-electron chi connectivity index (χ3n) is 3.07. The number of anilines is 1. The van der Waals surface area contributed by atoms with Crippen LogP contribution in [0.1, 0.15) is 15.9 Å². The Kier molecular flexibility index (Phi) is 5.02. The molecule has 0 aliphatic heterocycles. The molecule has 0 saturated heterocycles. The lowest BCUT2D eigenvalue weighted by Gasteiger charge is -2.08. The Hall–Kier alpha value is -2.96. The van der Waals surface area contributed by atoms with E-state index in [1.54, 1.807) is 12.4 Å². The fourth-order valence-electron chi connectivity index (χ4n) is 1.96. The molecule has 2 aromatic rings. The first-order valence-electron chi connectivity index (χ1n) is 6.61. The summed E-state index contributed by atoms with van der Waals surface area (Å²) in [5.74, 6) is -0.606. The molecule has 0 radical (unpaired) electrons. The van der Waals surface area contributed by atoms with Crippen LogP contribution in [-0.2, 0) is 11.2 Å². The highest BCUT2D eigenvalue weighted by Gasteiger charge is 2.17. The second kappa shape index (κ2) is 7.16. The van der Waals surface area contributed by atoms with Gasteiger partial charge in [-0.1, -0.05) is 6.07 Å². The number of aromatic nitrogens is 1. The van der Waals surface area contributed by atoms with Crippen LogP contribution < -0.4 is 5.32 Å². The molecule has 1 heterocycles. The number of carbonyl (C=O) groups excluding carboxylic acids is 1. The zero-order valence-corrected chi connectivity index (χ0v) is 12.0. The third kappa shape index (κ3) is 3.78. The van der Waals surface area contributed by atoms with Gasteiger partial charge in [0.15, 0.2) is 0 Å². The minimum absolute atomic E-state index is 0.145. The van der Waals surface area contributed by atoms with Gasteiger partial charge in [0.25, 0.3) is 5.69 Å². The molecule has 0 fully saturated rings. The van der Waals surface area contributed by atoms with Crippen molar-refractivity contribution in [1.29, 1.82) is 0 Å². The number of nitrogens with zero attached hydrogens (tertiary/aromatic N) is 2. The average Bonchev–Trinajstić information content (AvgIpc) is 2.55. The fourth-order valence-corrected chi connectivity index (χ4v) is 1.96. The van der Waals surface area contributed by atoms with Crippen LogP contribution in [0.15, 0.2) is 42.7 Å². The van der Waals surface area contributed by atoms with E-state index in [-0.39, 0.29) is 11.3 Å². The van der Waals surface area contributed by atoms with Crippen molar-refractivity contribution in [2.24, 2.45) is 0 Å². The molecule has 0 unspecified atom stereocenters. The van der Waals surface area contributed by atoms with Crippen LogP contribution in [0, 0.1) is 10.1 Å². The molecule has 22 heavy (non-hydrogen) atoms. The molecule has 1 aromatic carbocycles. The van der Waals surface area contributed by atoms with Gasteiger partial charge in [-0.05, 0) is 30.2 Å². The highest BCUT2D eigenvalue weighted by molar-refractivity contribution is 5.91. The Morgan fingerprint density at radius 2 is 2.23 bits per heavy atom. The highest BCUT2D eigenvalue weighted by Crippen LogP contribution is 2.25. The van der Waals surface area contributed by atoms with Crippen LogP contribution >= 0.6 is 0 Å². The topological polar surface area (TPSA) is 94.4 Å². The quantitative estimate of drug-likeness (QED) is 0.500. The van der Waals surface area contributed by atoms with E-state index in [9.17, 15) is 14.9 Å². The Labute approximate surface area is 127 Å². The summed E-state index contributed by atoms with van der Waals surface area (Å²) >= 11 is 0. The van der Waals surface area contributed by atoms with Crippen molar-refractivity contribution in [3.63, 3.8) is 0 Å². The first-order chi connectivity index (χ1) is 10.6. The lowest BCUT2D eigenvalue weighted by Crippen LogP contribution is -2.08. The van der Waals surface area contributed by atoms with Gasteiger partial charge in [-0.25, -0.2) is 4.79 Å². The number of hydrogen-bond acceptors (Lipinski definition) is 6. The van der Waals surface area contributed by atoms with Crippen molar-refractivity contribution in [2.75, 3.05) is 19.0 Å². The van der Waals surface area contributed by atoms with E-state index in [0.717, 1.165) is 5.56 Å². The number of benzene rings is 1. The normalized spacial score (nSPS) is 10.0. The predicted octanol–water partition coefficient (Wildman–Crippen LogP) is 2.43. The molecular formula is C15H15N3O4. The summed E-state index contributed by atoms with van der Waals surface area (Å²) in [6.07, 6.45) is 4.12. The van der Waals surface area contributed by atoms with Gasteiger partial charge in [-0.15, -0.1) is 0 Å². The molecule has 1 N–H and O–H groups in total. The van der Waals surface area contributed by atoms with Crippen molar-refractivity contribution in [3.8, 4) is 0 Å². The number of hydrogen-bond donors (Lipinski definition) is 1. The maximum atomic E-state index is 11.4. The molecule has 2 rings (SSSR count). The zero-order valence-electron chi connectivity index (χ0n) is 12.0. The molecule has 0 spiro atoms. The molecule has 0 saturated carbocycles. The van der Waals surface area contributed by atoms with Crippen LogP contribution in [0.5, 0.6) is 0 Å². The first kappa shape index (κ1) is 15.4. The summed E-state index contributed by atoms with van der Waals surface area (Å²) in [7, 11) is 1.23. The first-order valence-corrected chi connectivity index (χ1v) is 6.61. The van der Waals surface area contributed by atoms with Gasteiger partial charge in [-0.2, -0.15) is 0 Å². The van der Waals surface area contributed by atoms with E-state index in [0.29, 0.717) is 18.7 Å². The van der Waals surface area contributed by atoms with E-state index in [1.165, 1.54) is 25.3 Å². The summed E-state index contributed by atoms with van der Waals surface area (Å²) in [4.78, 5) is 26.0. The minimum atomic E-state index is -0.606. The number of nitro benzene ring substituents is 1. The van der Waals surface area contributed by atoms with Crippen LogP contribution in [0.3, 0.4) is 0 Å². The molecule has 0 bridgehead atoms. The summed E-state index contributed by atoms with van der Waals surface area (Å²) < 4.78 is 4.56. The van der Waals surface area contributed by atoms with Gasteiger partial charge in [0, 0.05) is 25.0 Å². The van der Waals surface area contributed by atoms with Gasteiger partial charge in [0.1, 0.15) is 5.69 Å². The third-order valence-corrected chi connectivity index (χ3v) is 3.07. The van der Waals surface area contributed by atoms with Crippen molar-refractivity contribution >= 4 is 17.3 Å². The molecule has 7 heteroatoms. The summed E-state index contributed by atoms with van der Waals surface area (Å²) in [5.41, 5.74) is 1.38. The summed E-state index contributed by atoms with van der Waals surface area (Å²) in [6.45, 7) is 0.518. The molecule has 0 atom stereocenters. The average molecular weight is 301 g/mol. The van der Waals surface area contributed by atoms with Crippen LogP contribution in [-0.4, -0.2) is 29.5 Å². The monoisotopic (exact) mass is 301 g/mol. The standard InChI is InChI=1S/C15H15N3O4/c1-22-15(19)12-4-5-13(14(9-12)18(20)21)17-8-6-11-3-2-7-16-10-11/h2-5,7,9-10,17H,6,8H2,1H3. The molecule has 0 aliphatic rings. The summed E-state index contributed by atoms with van der Waals surface area (Å²) in [5, 5.41) is 14.1. The van der Waals surface area contributed by atoms with Gasteiger partial charge >= 0.3 is 5.97 Å². The molecule has 114 valence electrons. The van der Waals surface area contributed by atoms with E-state index < -0.39 is 10.9 Å². The lowest BCUT2D eigenvalue weighted by atomic mass is 10.1. The van der Waals surface area contributed by atoms with Gasteiger partial charge < -0.3 is 10.1 Å². The van der Waals surface area contributed by atoms with E-state index in [1.807, 2.05) is 12.1 Å². The number of ether oxygens (including phenoxy) is 1. The van der Waals surface area contributed by atoms with E-state index >= 15 is 0 Å². The molecule has 0 aliphatic carbocycles. The fraction of sp³-hybridized carbons (Fsp3) is 0.200. The Morgan fingerprint density at radius 3 is 2.86 bits per heavy atom. The second-order valence-electron chi connectivity index (χ2n) is 4.52. The van der Waals surface area contributed by atoms with Crippen molar-refractivity contribution < 1.29 is 14.5 Å². The summed E-state index contributed by atoms with van der Waals surface area (Å²) in [6, 6.07) is 7.98. The number of methoxy groups -OCH3 is 1. The maximum absolute atomic E-state index is 11.4. The number of nitrogens with one attached hydrogen (secondary N) is 1. The van der Waals surface area contributed by atoms with Gasteiger partial charge in [0.05, 0.1) is 17.6 Å². The SMILES string of the molecule is COC(=O)c1ccc(NCCc2cccnc2)c([N+](=O)[O-])c1. The number of rotatable bonds is 6. The van der Waals surface area contributed by atoms with Crippen molar-refractivity contribution in [1.82, 2.24) is 4.98 Å². The van der Waals surface area contributed by atoms with Gasteiger partial charge in [-0.3, -0.25) is 15.1 Å². The Morgan fingerprint density at radius 1 is 1.41 bits per heavy atom. The molecule has 7 nitrogen and oxygen atoms in total. The Balaban J connectivity index is 2.09. The van der Waals surface area contributed by atoms with Crippen LogP contribution in [0.2, 0.25) is 0 Å². The van der Waals surface area contributed by atoms with Gasteiger partial charge in [0.2, 0.25) is 0 Å². The highest BCUT2D eigenvalue weighted by atomic mass is 16.6. The second-order valence-corrected chi connectivity index (χ2v) is 4.52. The molecule has 0 amide bonds. The minimum Gasteiger partial charge on any atom is -0.465 e. The number of nitro groups is 1. The van der Waals surface area contributed by atoms with E-state index in [4.69, 9.17) is 0 Å². The molecular weight excluding hydrogens is 286 g/mol. The number of carbonyl (C=O) groups is 1. The van der Waals surface area contributed by atoms with E-state index in [2.05, 4.69) is 15.0 Å². The van der Waals surface area contributed by atoms with Crippen LogP contribution in [0.25, 0.3) is 0 Å². The number of pyridine rings is 1. The Bertz CT molecular complexity index is 674. The zero-order chi connectivity index (χ0) is 15.9. The lowest BCUT2D eigenvalue weighted by molar-refractivity contribution is -0.384. The molecule has 1 aromatic heterocycles. The van der Waals surface area contributed by atoms with Crippen molar-refractivity contribution in [2.45, 2.75) is 6.42 Å². The van der Waals surface area contributed by atoms with Crippen molar-refractivity contribution in [3.05, 3.63) is 64.0 Å². The largest absolute Gasteiger partial charge is 0.465 e. The number of esters is 1. The van der Waals surface area contributed by atoms with Crippen LogP contribution in [0.4, 0.5) is 11.4 Å². The predicted molar refractivity (Wildman–Crippen MR) is 80.9 cm³/mol. The maximum Gasteiger partial charge on any atom is 0.338 e. The smallest absolute Gasteiger partial charge is 0.338 e.